The zero-order valence-corrected chi connectivity index (χ0v) is 8.53. The number of nitrogens with one attached hydrogen (secondary N) is 1. The summed E-state index contributed by atoms with van der Waals surface area (Å²) >= 11 is 0. The second kappa shape index (κ2) is 5.21. The monoisotopic (exact) mass is 193 g/mol. The van der Waals surface area contributed by atoms with E-state index in [1.165, 1.54) is 6.92 Å². The SMILES string of the molecule is CCn1cc(C=CCNC(C)=O)cn1. The third kappa shape index (κ3) is 3.43. The second-order valence-electron chi connectivity index (χ2n) is 2.97. The summed E-state index contributed by atoms with van der Waals surface area (Å²) in [6, 6.07) is 0. The van der Waals surface area contributed by atoms with Crippen molar-refractivity contribution >= 4 is 12.0 Å². The first kappa shape index (κ1) is 10.5. The number of carbonyl (C=O) groups excluding carboxylic acids is 1. The number of hydrogen-bond acceptors (Lipinski definition) is 2. The lowest BCUT2D eigenvalue weighted by atomic mass is 10.3. The smallest absolute Gasteiger partial charge is 0.217 e. The van der Waals surface area contributed by atoms with Gasteiger partial charge in [0.1, 0.15) is 0 Å². The molecule has 0 radical (unpaired) electrons. The van der Waals surface area contributed by atoms with Crippen LogP contribution in [-0.4, -0.2) is 22.2 Å². The van der Waals surface area contributed by atoms with Gasteiger partial charge >= 0.3 is 0 Å². The van der Waals surface area contributed by atoms with E-state index >= 15 is 0 Å². The van der Waals surface area contributed by atoms with Gasteiger partial charge in [0.25, 0.3) is 0 Å². The summed E-state index contributed by atoms with van der Waals surface area (Å²) in [7, 11) is 0. The molecule has 0 aliphatic carbocycles. The molecule has 76 valence electrons. The molecule has 0 aliphatic heterocycles. The molecule has 4 nitrogen and oxygen atoms in total. The fourth-order valence-corrected chi connectivity index (χ4v) is 1.04. The van der Waals surface area contributed by atoms with Crippen LogP contribution in [0, 0.1) is 0 Å². The molecule has 0 aromatic carbocycles. The van der Waals surface area contributed by atoms with Gasteiger partial charge in [-0.15, -0.1) is 0 Å². The van der Waals surface area contributed by atoms with Gasteiger partial charge in [-0.2, -0.15) is 5.10 Å². The largest absolute Gasteiger partial charge is 0.353 e. The average molecular weight is 193 g/mol. The van der Waals surface area contributed by atoms with Crippen LogP contribution in [0.5, 0.6) is 0 Å². The first-order valence-corrected chi connectivity index (χ1v) is 4.66. The van der Waals surface area contributed by atoms with Crippen molar-refractivity contribution in [3.63, 3.8) is 0 Å². The van der Waals surface area contributed by atoms with Crippen molar-refractivity contribution in [2.24, 2.45) is 0 Å². The van der Waals surface area contributed by atoms with E-state index < -0.39 is 0 Å². The molecule has 14 heavy (non-hydrogen) atoms. The van der Waals surface area contributed by atoms with Crippen molar-refractivity contribution in [2.45, 2.75) is 20.4 Å². The molecule has 1 N–H and O–H groups in total. The van der Waals surface area contributed by atoms with Gasteiger partial charge in [0.2, 0.25) is 5.91 Å². The van der Waals surface area contributed by atoms with Crippen molar-refractivity contribution in [3.8, 4) is 0 Å². The van der Waals surface area contributed by atoms with Gasteiger partial charge in [-0.25, -0.2) is 0 Å². The Kier molecular flexibility index (Phi) is 3.91. The normalized spacial score (nSPS) is 10.7. The van der Waals surface area contributed by atoms with Gasteiger partial charge < -0.3 is 5.32 Å². The fourth-order valence-electron chi connectivity index (χ4n) is 1.04. The predicted molar refractivity (Wildman–Crippen MR) is 55.6 cm³/mol. The van der Waals surface area contributed by atoms with Crippen molar-refractivity contribution in [1.29, 1.82) is 0 Å². The van der Waals surface area contributed by atoms with Gasteiger partial charge in [-0.05, 0) is 6.92 Å². The summed E-state index contributed by atoms with van der Waals surface area (Å²) in [5, 5.41) is 6.81. The quantitative estimate of drug-likeness (QED) is 0.777. The Bertz CT molecular complexity index is 328. The van der Waals surface area contributed by atoms with Crippen LogP contribution >= 0.6 is 0 Å². The standard InChI is InChI=1S/C10H15N3O/c1-3-13-8-10(7-12-13)5-4-6-11-9(2)14/h4-5,7-8H,3,6H2,1-2H3,(H,11,14). The molecule has 0 fully saturated rings. The molecule has 4 heteroatoms. The minimum absolute atomic E-state index is 0.0149. The topological polar surface area (TPSA) is 46.9 Å². The highest BCUT2D eigenvalue weighted by molar-refractivity contribution is 5.73. The molecular weight excluding hydrogens is 178 g/mol. The minimum atomic E-state index is -0.0149. The highest BCUT2D eigenvalue weighted by Crippen LogP contribution is 1.99. The molecule has 1 heterocycles. The van der Waals surface area contributed by atoms with E-state index in [4.69, 9.17) is 0 Å². The fraction of sp³-hybridized carbons (Fsp3) is 0.400. The number of hydrogen-bond donors (Lipinski definition) is 1. The number of rotatable bonds is 4. The maximum Gasteiger partial charge on any atom is 0.217 e. The first-order valence-electron chi connectivity index (χ1n) is 4.66. The Hall–Kier alpha value is -1.58. The number of aromatic nitrogens is 2. The first-order chi connectivity index (χ1) is 6.72. The summed E-state index contributed by atoms with van der Waals surface area (Å²) in [5.41, 5.74) is 1.05. The van der Waals surface area contributed by atoms with E-state index in [1.54, 1.807) is 6.20 Å². The molecular formula is C10H15N3O. The zero-order valence-electron chi connectivity index (χ0n) is 8.53. The Balaban J connectivity index is 2.39. The van der Waals surface area contributed by atoms with Crippen molar-refractivity contribution in [3.05, 3.63) is 24.0 Å². The van der Waals surface area contributed by atoms with Gasteiger partial charge in [0.15, 0.2) is 0 Å². The highest BCUT2D eigenvalue weighted by atomic mass is 16.1. The Morgan fingerprint density at radius 3 is 3.07 bits per heavy atom. The summed E-state index contributed by atoms with van der Waals surface area (Å²) < 4.78 is 1.86. The number of carbonyl (C=O) groups is 1. The van der Waals surface area contributed by atoms with Crippen molar-refractivity contribution in [1.82, 2.24) is 15.1 Å². The minimum Gasteiger partial charge on any atom is -0.353 e. The zero-order chi connectivity index (χ0) is 10.4. The molecule has 1 aromatic heterocycles. The number of nitrogens with zero attached hydrogens (tertiary/aromatic N) is 2. The predicted octanol–water partition coefficient (Wildman–Crippen LogP) is 1.05. The molecule has 0 atom stereocenters. The van der Waals surface area contributed by atoms with Gasteiger partial charge in [-0.1, -0.05) is 12.2 Å². The third-order valence-electron chi connectivity index (χ3n) is 1.76. The lowest BCUT2D eigenvalue weighted by Crippen LogP contribution is -2.19. The van der Waals surface area contributed by atoms with Crippen LogP contribution in [0.15, 0.2) is 18.5 Å². The van der Waals surface area contributed by atoms with Crippen LogP contribution < -0.4 is 5.32 Å². The number of aryl methyl sites for hydroxylation is 1. The van der Waals surface area contributed by atoms with E-state index in [1.807, 2.05) is 30.0 Å². The second-order valence-corrected chi connectivity index (χ2v) is 2.97. The van der Waals surface area contributed by atoms with Crippen LogP contribution in [0.25, 0.3) is 6.08 Å². The molecule has 0 unspecified atom stereocenters. The van der Waals surface area contributed by atoms with Crippen LogP contribution in [0.2, 0.25) is 0 Å². The summed E-state index contributed by atoms with van der Waals surface area (Å²) in [6.45, 7) is 4.98. The van der Waals surface area contributed by atoms with E-state index in [9.17, 15) is 4.79 Å². The summed E-state index contributed by atoms with van der Waals surface area (Å²) in [5.74, 6) is -0.0149. The average Bonchev–Trinajstić information content (AvgIpc) is 2.60. The van der Waals surface area contributed by atoms with E-state index in [2.05, 4.69) is 10.4 Å². The molecule has 1 rings (SSSR count). The molecule has 0 bridgehead atoms. The van der Waals surface area contributed by atoms with Gasteiger partial charge in [0.05, 0.1) is 6.20 Å². The van der Waals surface area contributed by atoms with E-state index in [0.29, 0.717) is 6.54 Å². The summed E-state index contributed by atoms with van der Waals surface area (Å²) in [6.07, 6.45) is 7.60. The van der Waals surface area contributed by atoms with Crippen LogP contribution in [0.1, 0.15) is 19.4 Å². The highest BCUT2D eigenvalue weighted by Gasteiger charge is 1.91. The maximum absolute atomic E-state index is 10.5. The van der Waals surface area contributed by atoms with Crippen LogP contribution in [-0.2, 0) is 11.3 Å². The molecule has 1 aromatic rings. The van der Waals surface area contributed by atoms with E-state index in [-0.39, 0.29) is 5.91 Å². The van der Waals surface area contributed by atoms with Crippen molar-refractivity contribution < 1.29 is 4.79 Å². The molecule has 0 spiro atoms. The summed E-state index contributed by atoms with van der Waals surface area (Å²) in [4.78, 5) is 10.5. The lowest BCUT2D eigenvalue weighted by molar-refractivity contribution is -0.118. The maximum atomic E-state index is 10.5. The van der Waals surface area contributed by atoms with Crippen LogP contribution in [0.3, 0.4) is 0 Å². The van der Waals surface area contributed by atoms with Gasteiger partial charge in [0, 0.05) is 31.8 Å². The Morgan fingerprint density at radius 1 is 1.71 bits per heavy atom. The third-order valence-corrected chi connectivity index (χ3v) is 1.76. The lowest BCUT2D eigenvalue weighted by Gasteiger charge is -1.93. The van der Waals surface area contributed by atoms with Crippen LogP contribution in [0.4, 0.5) is 0 Å². The van der Waals surface area contributed by atoms with Gasteiger partial charge in [-0.3, -0.25) is 9.48 Å². The molecule has 0 saturated carbocycles. The molecule has 0 aliphatic rings. The molecule has 0 saturated heterocycles. The number of amides is 1. The van der Waals surface area contributed by atoms with Crippen molar-refractivity contribution in [2.75, 3.05) is 6.54 Å². The molecule has 1 amide bonds. The van der Waals surface area contributed by atoms with E-state index in [0.717, 1.165) is 12.1 Å². The Labute approximate surface area is 83.6 Å². The Morgan fingerprint density at radius 2 is 2.50 bits per heavy atom.